The van der Waals surface area contributed by atoms with Crippen LogP contribution in [-0.2, 0) is 11.8 Å². The first kappa shape index (κ1) is 17.5. The predicted molar refractivity (Wildman–Crippen MR) is 106 cm³/mol. The van der Waals surface area contributed by atoms with Gasteiger partial charge in [-0.2, -0.15) is 0 Å². The Kier molecular flexibility index (Phi) is 4.34. The maximum Gasteiger partial charge on any atom is 0.290 e. The first-order valence-electron chi connectivity index (χ1n) is 9.46. The van der Waals surface area contributed by atoms with Crippen LogP contribution in [0.15, 0.2) is 42.6 Å². The number of hydrogen-bond donors (Lipinski definition) is 1. The highest BCUT2D eigenvalue weighted by molar-refractivity contribution is 5.90. The standard InChI is InChI=1S/C21H25N5O/c1-4-15-12-17(13-26-19(15)23-18(24-26)20(27)22-3)25-11-10-21(2,14-25)16-8-6-5-7-9-16/h5-9,12-13H,4,10-11,14H2,1-3H3,(H,22,27)/t21-/m0/s1. The molecule has 1 saturated heterocycles. The van der Waals surface area contributed by atoms with Crippen LogP contribution in [0.5, 0.6) is 0 Å². The van der Waals surface area contributed by atoms with Gasteiger partial charge in [0.05, 0.1) is 11.9 Å². The minimum absolute atomic E-state index is 0.137. The molecular weight excluding hydrogens is 338 g/mol. The fourth-order valence-electron chi connectivity index (χ4n) is 3.94. The molecule has 2 aromatic heterocycles. The molecule has 0 radical (unpaired) electrons. The molecule has 4 rings (SSSR count). The Morgan fingerprint density at radius 3 is 2.78 bits per heavy atom. The van der Waals surface area contributed by atoms with Crippen LogP contribution in [0.2, 0.25) is 0 Å². The fourth-order valence-corrected chi connectivity index (χ4v) is 3.94. The van der Waals surface area contributed by atoms with Gasteiger partial charge in [0.15, 0.2) is 5.65 Å². The fraction of sp³-hybridized carbons (Fsp3) is 0.381. The molecule has 6 heteroatoms. The normalized spacial score (nSPS) is 19.6. The average molecular weight is 363 g/mol. The van der Waals surface area contributed by atoms with Crippen molar-refractivity contribution in [1.29, 1.82) is 0 Å². The van der Waals surface area contributed by atoms with Crippen molar-refractivity contribution in [2.75, 3.05) is 25.0 Å². The van der Waals surface area contributed by atoms with E-state index in [1.807, 2.05) is 6.20 Å². The predicted octanol–water partition coefficient (Wildman–Crippen LogP) is 2.82. The molecule has 27 heavy (non-hydrogen) atoms. The lowest BCUT2D eigenvalue weighted by Crippen LogP contribution is -2.28. The van der Waals surface area contributed by atoms with E-state index >= 15 is 0 Å². The molecule has 1 aromatic carbocycles. The van der Waals surface area contributed by atoms with Crippen molar-refractivity contribution in [3.63, 3.8) is 0 Å². The summed E-state index contributed by atoms with van der Waals surface area (Å²) in [5.74, 6) is -0.0555. The minimum atomic E-state index is -0.264. The third kappa shape index (κ3) is 3.05. The number of aromatic nitrogens is 3. The van der Waals surface area contributed by atoms with Gasteiger partial charge in [-0.15, -0.1) is 5.10 Å². The molecule has 1 N–H and O–H groups in total. The largest absolute Gasteiger partial charge is 0.369 e. The van der Waals surface area contributed by atoms with Crippen molar-refractivity contribution in [3.05, 3.63) is 59.5 Å². The minimum Gasteiger partial charge on any atom is -0.369 e. The highest BCUT2D eigenvalue weighted by Crippen LogP contribution is 2.36. The number of carbonyl (C=O) groups is 1. The third-order valence-corrected chi connectivity index (χ3v) is 5.62. The monoisotopic (exact) mass is 363 g/mol. The molecule has 0 unspecified atom stereocenters. The van der Waals surface area contributed by atoms with Crippen molar-refractivity contribution >= 4 is 17.2 Å². The van der Waals surface area contributed by atoms with E-state index in [0.717, 1.165) is 42.8 Å². The summed E-state index contributed by atoms with van der Waals surface area (Å²) in [7, 11) is 1.59. The van der Waals surface area contributed by atoms with Crippen molar-refractivity contribution in [1.82, 2.24) is 19.9 Å². The lowest BCUT2D eigenvalue weighted by molar-refractivity contribution is 0.0953. The number of nitrogens with zero attached hydrogens (tertiary/aromatic N) is 4. The van der Waals surface area contributed by atoms with Gasteiger partial charge in [0.2, 0.25) is 5.82 Å². The van der Waals surface area contributed by atoms with Gasteiger partial charge in [-0.25, -0.2) is 9.50 Å². The quantitative estimate of drug-likeness (QED) is 0.774. The van der Waals surface area contributed by atoms with Crippen molar-refractivity contribution in [2.24, 2.45) is 0 Å². The highest BCUT2D eigenvalue weighted by Gasteiger charge is 2.35. The van der Waals surface area contributed by atoms with E-state index in [2.05, 4.69) is 70.5 Å². The number of carbonyl (C=O) groups excluding carboxylic acids is 1. The number of anilines is 1. The Hall–Kier alpha value is -2.89. The van der Waals surface area contributed by atoms with Crippen molar-refractivity contribution in [2.45, 2.75) is 32.1 Å². The zero-order valence-electron chi connectivity index (χ0n) is 16.1. The van der Waals surface area contributed by atoms with E-state index in [9.17, 15) is 4.79 Å². The van der Waals surface area contributed by atoms with Crippen LogP contribution in [0.1, 0.15) is 42.0 Å². The summed E-state index contributed by atoms with van der Waals surface area (Å²) in [4.78, 5) is 18.7. The van der Waals surface area contributed by atoms with Crippen LogP contribution in [0.25, 0.3) is 5.65 Å². The molecule has 0 bridgehead atoms. The molecule has 1 amide bonds. The Morgan fingerprint density at radius 2 is 2.07 bits per heavy atom. The Balaban J connectivity index is 1.69. The number of amides is 1. The molecule has 1 fully saturated rings. The van der Waals surface area contributed by atoms with Crippen LogP contribution in [0.4, 0.5) is 5.69 Å². The zero-order valence-corrected chi connectivity index (χ0v) is 16.1. The van der Waals surface area contributed by atoms with Crippen LogP contribution < -0.4 is 10.2 Å². The van der Waals surface area contributed by atoms with E-state index < -0.39 is 0 Å². The third-order valence-electron chi connectivity index (χ3n) is 5.62. The number of fused-ring (bicyclic) bond motifs is 1. The molecule has 1 aliphatic rings. The highest BCUT2D eigenvalue weighted by atomic mass is 16.2. The van der Waals surface area contributed by atoms with E-state index in [1.54, 1.807) is 11.6 Å². The lowest BCUT2D eigenvalue weighted by atomic mass is 9.82. The number of hydrogen-bond acceptors (Lipinski definition) is 4. The van der Waals surface area contributed by atoms with E-state index in [-0.39, 0.29) is 17.1 Å². The van der Waals surface area contributed by atoms with Crippen LogP contribution in [0, 0.1) is 0 Å². The first-order valence-corrected chi connectivity index (χ1v) is 9.46. The Labute approximate surface area is 159 Å². The molecule has 1 aliphatic heterocycles. The Bertz CT molecular complexity index is 981. The van der Waals surface area contributed by atoms with Gasteiger partial charge in [0, 0.05) is 25.6 Å². The second-order valence-corrected chi connectivity index (χ2v) is 7.46. The van der Waals surface area contributed by atoms with Gasteiger partial charge in [0.25, 0.3) is 5.91 Å². The lowest BCUT2D eigenvalue weighted by Gasteiger charge is -2.26. The average Bonchev–Trinajstić information content (AvgIpc) is 3.32. The second-order valence-electron chi connectivity index (χ2n) is 7.46. The smallest absolute Gasteiger partial charge is 0.290 e. The molecule has 0 aliphatic carbocycles. The summed E-state index contributed by atoms with van der Waals surface area (Å²) in [6.07, 6.45) is 3.94. The SMILES string of the molecule is CCc1cc(N2CC[C@](C)(c3ccccc3)C2)cn2nc(C(=O)NC)nc12. The van der Waals surface area contributed by atoms with Gasteiger partial charge < -0.3 is 10.2 Å². The number of rotatable bonds is 4. The number of nitrogens with one attached hydrogen (secondary N) is 1. The second kappa shape index (κ2) is 6.68. The molecule has 140 valence electrons. The van der Waals surface area contributed by atoms with Crippen molar-refractivity contribution in [3.8, 4) is 0 Å². The molecule has 0 spiro atoms. The molecular formula is C21H25N5O. The molecule has 3 heterocycles. The summed E-state index contributed by atoms with van der Waals surface area (Å²) in [5.41, 5.74) is 4.51. The first-order chi connectivity index (χ1) is 13.0. The van der Waals surface area contributed by atoms with Gasteiger partial charge in [-0.1, -0.05) is 44.2 Å². The van der Waals surface area contributed by atoms with Gasteiger partial charge in [-0.05, 0) is 30.0 Å². The molecule has 1 atom stereocenters. The topological polar surface area (TPSA) is 62.5 Å². The van der Waals surface area contributed by atoms with E-state index in [4.69, 9.17) is 0 Å². The summed E-state index contributed by atoms with van der Waals surface area (Å²) in [5, 5.41) is 6.98. The summed E-state index contributed by atoms with van der Waals surface area (Å²) >= 11 is 0. The van der Waals surface area contributed by atoms with Crippen LogP contribution in [-0.4, -0.2) is 40.6 Å². The van der Waals surface area contributed by atoms with E-state index in [0.29, 0.717) is 0 Å². The van der Waals surface area contributed by atoms with Gasteiger partial charge in [-0.3, -0.25) is 4.79 Å². The van der Waals surface area contributed by atoms with E-state index in [1.165, 1.54) is 5.56 Å². The Morgan fingerprint density at radius 1 is 1.30 bits per heavy atom. The number of benzene rings is 1. The maximum atomic E-state index is 11.9. The van der Waals surface area contributed by atoms with Crippen LogP contribution >= 0.6 is 0 Å². The van der Waals surface area contributed by atoms with Crippen LogP contribution in [0.3, 0.4) is 0 Å². The van der Waals surface area contributed by atoms with Gasteiger partial charge in [0.1, 0.15) is 0 Å². The summed E-state index contributed by atoms with van der Waals surface area (Å²) in [6.45, 7) is 6.39. The molecule has 0 saturated carbocycles. The zero-order chi connectivity index (χ0) is 19.0. The van der Waals surface area contributed by atoms with Gasteiger partial charge >= 0.3 is 0 Å². The summed E-state index contributed by atoms with van der Waals surface area (Å²) < 4.78 is 1.75. The summed E-state index contributed by atoms with van der Waals surface area (Å²) in [6, 6.07) is 12.9. The molecule has 3 aromatic rings. The number of aryl methyl sites for hydroxylation is 1. The maximum absolute atomic E-state index is 11.9. The molecule has 6 nitrogen and oxygen atoms in total. The van der Waals surface area contributed by atoms with Crippen molar-refractivity contribution < 1.29 is 4.79 Å². The number of pyridine rings is 1.